The Hall–Kier alpha value is -2.12. The topological polar surface area (TPSA) is 74.7 Å². The lowest BCUT2D eigenvalue weighted by atomic mass is 10.3. The average molecular weight is 322 g/mol. The van der Waals surface area contributed by atoms with E-state index in [0.717, 1.165) is 25.2 Å². The van der Waals surface area contributed by atoms with Crippen LogP contribution in [0.1, 0.15) is 26.7 Å². The van der Waals surface area contributed by atoms with E-state index in [1.165, 1.54) is 0 Å². The molecule has 1 aliphatic rings. The number of nitrogens with zero attached hydrogens (tertiary/aromatic N) is 6. The van der Waals surface area contributed by atoms with Gasteiger partial charge in [-0.3, -0.25) is 0 Å². The first-order valence-electron chi connectivity index (χ1n) is 8.23. The van der Waals surface area contributed by atoms with E-state index in [1.54, 1.807) is 11.1 Å². The fraction of sp³-hybridized carbons (Fsp3) is 0.733. The molecular formula is C15H26N6O2. The Kier molecular flexibility index (Phi) is 6.37. The summed E-state index contributed by atoms with van der Waals surface area (Å²) in [5, 5.41) is 8.21. The number of anilines is 2. The van der Waals surface area contributed by atoms with Crippen molar-refractivity contribution in [3.63, 3.8) is 0 Å². The normalized spacial score (nSPS) is 14.7. The molecule has 0 bridgehead atoms. The van der Waals surface area contributed by atoms with E-state index in [0.29, 0.717) is 38.7 Å². The number of piperazine rings is 1. The van der Waals surface area contributed by atoms with E-state index < -0.39 is 0 Å². The molecule has 0 aromatic carbocycles. The first-order valence-corrected chi connectivity index (χ1v) is 8.23. The number of hydrogen-bond acceptors (Lipinski definition) is 7. The van der Waals surface area contributed by atoms with Gasteiger partial charge in [0, 0.05) is 39.8 Å². The Labute approximate surface area is 137 Å². The van der Waals surface area contributed by atoms with Gasteiger partial charge in [-0.1, -0.05) is 13.3 Å². The van der Waals surface area contributed by atoms with Crippen molar-refractivity contribution in [1.29, 1.82) is 0 Å². The summed E-state index contributed by atoms with van der Waals surface area (Å²) < 4.78 is 5.03. The van der Waals surface area contributed by atoms with E-state index in [2.05, 4.69) is 31.9 Å². The van der Waals surface area contributed by atoms with Crippen LogP contribution in [0.5, 0.6) is 0 Å². The molecule has 1 saturated heterocycles. The third kappa shape index (κ3) is 4.67. The van der Waals surface area contributed by atoms with Crippen LogP contribution in [-0.2, 0) is 4.74 Å². The van der Waals surface area contributed by atoms with Gasteiger partial charge in [0.2, 0.25) is 5.95 Å². The van der Waals surface area contributed by atoms with Crippen molar-refractivity contribution >= 4 is 17.9 Å². The van der Waals surface area contributed by atoms with Crippen molar-refractivity contribution in [2.75, 3.05) is 56.2 Å². The van der Waals surface area contributed by atoms with Crippen LogP contribution in [0.4, 0.5) is 16.6 Å². The highest BCUT2D eigenvalue weighted by Crippen LogP contribution is 2.15. The van der Waals surface area contributed by atoms with Gasteiger partial charge < -0.3 is 19.4 Å². The molecule has 0 aliphatic carbocycles. The maximum absolute atomic E-state index is 11.7. The van der Waals surface area contributed by atoms with Crippen LogP contribution in [0.15, 0.2) is 6.20 Å². The summed E-state index contributed by atoms with van der Waals surface area (Å²) in [7, 11) is 2.02. The molecule has 2 heterocycles. The third-order valence-electron chi connectivity index (χ3n) is 3.86. The number of rotatable bonds is 6. The highest BCUT2D eigenvalue weighted by atomic mass is 16.6. The second-order valence-corrected chi connectivity index (χ2v) is 5.56. The fourth-order valence-electron chi connectivity index (χ4n) is 2.42. The van der Waals surface area contributed by atoms with Gasteiger partial charge in [0.05, 0.1) is 12.8 Å². The largest absolute Gasteiger partial charge is 0.450 e. The van der Waals surface area contributed by atoms with Crippen LogP contribution < -0.4 is 9.80 Å². The Bertz CT molecular complexity index is 504. The van der Waals surface area contributed by atoms with Crippen LogP contribution in [-0.4, -0.2) is 72.6 Å². The lowest BCUT2D eigenvalue weighted by Crippen LogP contribution is -2.49. The van der Waals surface area contributed by atoms with Gasteiger partial charge in [0.15, 0.2) is 5.82 Å². The summed E-state index contributed by atoms with van der Waals surface area (Å²) in [5.41, 5.74) is 0. The molecule has 0 atom stereocenters. The molecule has 0 radical (unpaired) electrons. The third-order valence-corrected chi connectivity index (χ3v) is 3.86. The summed E-state index contributed by atoms with van der Waals surface area (Å²) in [5.74, 6) is 1.45. The molecule has 128 valence electrons. The molecule has 8 nitrogen and oxygen atoms in total. The number of hydrogen-bond donors (Lipinski definition) is 0. The summed E-state index contributed by atoms with van der Waals surface area (Å²) in [6.07, 6.45) is 3.70. The van der Waals surface area contributed by atoms with Crippen molar-refractivity contribution < 1.29 is 9.53 Å². The Balaban J connectivity index is 1.94. The van der Waals surface area contributed by atoms with Gasteiger partial charge in [-0.2, -0.15) is 10.1 Å². The van der Waals surface area contributed by atoms with Gasteiger partial charge in [-0.15, -0.1) is 5.10 Å². The van der Waals surface area contributed by atoms with Gasteiger partial charge >= 0.3 is 6.09 Å². The molecule has 1 fully saturated rings. The van der Waals surface area contributed by atoms with E-state index in [-0.39, 0.29) is 6.09 Å². The Morgan fingerprint density at radius 3 is 2.70 bits per heavy atom. The number of unbranched alkanes of at least 4 members (excludes halogenated alkanes) is 1. The zero-order valence-corrected chi connectivity index (χ0v) is 14.2. The average Bonchev–Trinajstić information content (AvgIpc) is 2.60. The van der Waals surface area contributed by atoms with Crippen LogP contribution in [0.25, 0.3) is 0 Å². The Morgan fingerprint density at radius 1 is 1.30 bits per heavy atom. The zero-order chi connectivity index (χ0) is 16.7. The van der Waals surface area contributed by atoms with Gasteiger partial charge in [-0.05, 0) is 13.3 Å². The monoisotopic (exact) mass is 322 g/mol. The Morgan fingerprint density at radius 2 is 2.04 bits per heavy atom. The maximum Gasteiger partial charge on any atom is 0.409 e. The standard InChI is InChI=1S/C15H26N6O2/c1-4-6-7-19(3)13-12-16-18-14(17-13)20-8-10-21(11-9-20)15(22)23-5-2/h12H,4-11H2,1-3H3. The zero-order valence-electron chi connectivity index (χ0n) is 14.2. The number of carbonyl (C=O) groups excluding carboxylic acids is 1. The molecule has 23 heavy (non-hydrogen) atoms. The maximum atomic E-state index is 11.7. The van der Waals surface area contributed by atoms with E-state index in [9.17, 15) is 4.79 Å². The lowest BCUT2D eigenvalue weighted by Gasteiger charge is -2.34. The molecular weight excluding hydrogens is 296 g/mol. The quantitative estimate of drug-likeness (QED) is 0.783. The van der Waals surface area contributed by atoms with E-state index >= 15 is 0 Å². The van der Waals surface area contributed by atoms with Crippen LogP contribution in [0.2, 0.25) is 0 Å². The molecule has 0 spiro atoms. The summed E-state index contributed by atoms with van der Waals surface area (Å²) in [6.45, 7) is 7.92. The van der Waals surface area contributed by atoms with Crippen molar-refractivity contribution in [3.8, 4) is 0 Å². The van der Waals surface area contributed by atoms with Crippen LogP contribution >= 0.6 is 0 Å². The summed E-state index contributed by atoms with van der Waals surface area (Å²) >= 11 is 0. The van der Waals surface area contributed by atoms with Crippen LogP contribution in [0.3, 0.4) is 0 Å². The van der Waals surface area contributed by atoms with E-state index in [4.69, 9.17) is 4.74 Å². The minimum atomic E-state index is -0.251. The molecule has 8 heteroatoms. The first-order chi connectivity index (χ1) is 11.2. The number of amides is 1. The molecule has 1 amide bonds. The fourth-order valence-corrected chi connectivity index (χ4v) is 2.42. The van der Waals surface area contributed by atoms with Crippen molar-refractivity contribution in [3.05, 3.63) is 6.20 Å². The summed E-state index contributed by atoms with van der Waals surface area (Å²) in [6, 6.07) is 0. The number of carbonyl (C=O) groups is 1. The second kappa shape index (κ2) is 8.50. The highest BCUT2D eigenvalue weighted by molar-refractivity contribution is 5.68. The number of ether oxygens (including phenoxy) is 1. The molecule has 0 unspecified atom stereocenters. The lowest BCUT2D eigenvalue weighted by molar-refractivity contribution is 0.105. The molecule has 0 N–H and O–H groups in total. The van der Waals surface area contributed by atoms with E-state index in [1.807, 2.05) is 14.0 Å². The van der Waals surface area contributed by atoms with Crippen molar-refractivity contribution in [2.45, 2.75) is 26.7 Å². The van der Waals surface area contributed by atoms with Crippen molar-refractivity contribution in [2.24, 2.45) is 0 Å². The van der Waals surface area contributed by atoms with Gasteiger partial charge in [0.25, 0.3) is 0 Å². The smallest absolute Gasteiger partial charge is 0.409 e. The predicted molar refractivity (Wildman–Crippen MR) is 88.8 cm³/mol. The minimum absolute atomic E-state index is 0.251. The molecule has 1 aliphatic heterocycles. The molecule has 1 aromatic rings. The SMILES string of the molecule is CCCCN(C)c1cnnc(N2CCN(C(=O)OCC)CC2)n1. The second-order valence-electron chi connectivity index (χ2n) is 5.56. The van der Waals surface area contributed by atoms with Gasteiger partial charge in [-0.25, -0.2) is 4.79 Å². The van der Waals surface area contributed by atoms with Gasteiger partial charge in [0.1, 0.15) is 0 Å². The molecule has 1 aromatic heterocycles. The summed E-state index contributed by atoms with van der Waals surface area (Å²) in [4.78, 5) is 22.2. The number of aromatic nitrogens is 3. The molecule has 2 rings (SSSR count). The molecule has 0 saturated carbocycles. The van der Waals surface area contributed by atoms with Crippen LogP contribution in [0, 0.1) is 0 Å². The highest BCUT2D eigenvalue weighted by Gasteiger charge is 2.23. The minimum Gasteiger partial charge on any atom is -0.450 e. The predicted octanol–water partition coefficient (Wildman–Crippen LogP) is 1.39. The van der Waals surface area contributed by atoms with Crippen molar-refractivity contribution in [1.82, 2.24) is 20.1 Å². The first kappa shape index (κ1) is 17.2.